The number of rotatable bonds is 20. The summed E-state index contributed by atoms with van der Waals surface area (Å²) in [6, 6.07) is 25.3. The van der Waals surface area contributed by atoms with Gasteiger partial charge in [0.1, 0.15) is 34.7 Å². The molecule has 3 saturated carbocycles. The van der Waals surface area contributed by atoms with Crippen molar-refractivity contribution in [2.24, 2.45) is 23.2 Å². The van der Waals surface area contributed by atoms with E-state index in [1.54, 1.807) is 66.1 Å². The monoisotopic (exact) mass is 1030 g/mol. The van der Waals surface area contributed by atoms with Crippen LogP contribution < -0.4 is 26.0 Å². The van der Waals surface area contributed by atoms with Crippen LogP contribution in [0, 0.1) is 23.2 Å². The Morgan fingerprint density at radius 1 is 0.842 bits per heavy atom. The number of amides is 4. The van der Waals surface area contributed by atoms with Gasteiger partial charge in [-0.1, -0.05) is 71.9 Å². The van der Waals surface area contributed by atoms with Crippen molar-refractivity contribution in [3.63, 3.8) is 0 Å². The third-order valence-electron chi connectivity index (χ3n) is 15.3. The van der Waals surface area contributed by atoms with Crippen LogP contribution >= 0.6 is 0 Å². The predicted octanol–water partition coefficient (Wildman–Crippen LogP) is 7.74. The van der Waals surface area contributed by atoms with Gasteiger partial charge >= 0.3 is 7.12 Å². The van der Waals surface area contributed by atoms with Crippen molar-refractivity contribution in [1.82, 2.24) is 46.0 Å². The number of carbonyl (C=O) groups excluding carboxylic acids is 4. The number of hydrogen-bond donors (Lipinski definition) is 6. The van der Waals surface area contributed by atoms with Gasteiger partial charge in [0.2, 0.25) is 11.7 Å². The predicted molar refractivity (Wildman–Crippen MR) is 285 cm³/mol. The van der Waals surface area contributed by atoms with Crippen molar-refractivity contribution in [1.29, 1.82) is 0 Å². The molecule has 19 heteroatoms. The summed E-state index contributed by atoms with van der Waals surface area (Å²) < 4.78 is 21.7. The quantitative estimate of drug-likeness (QED) is 0.0402. The van der Waals surface area contributed by atoms with Gasteiger partial charge in [0.05, 0.1) is 29.4 Å². The maximum Gasteiger partial charge on any atom is 0.481 e. The molecule has 1 aliphatic heterocycles. The van der Waals surface area contributed by atoms with E-state index >= 15 is 0 Å². The lowest BCUT2D eigenvalue weighted by Gasteiger charge is -2.65. The highest BCUT2D eigenvalue weighted by Crippen LogP contribution is 2.67. The molecule has 6 aromatic rings. The maximum atomic E-state index is 14.4. The fourth-order valence-corrected chi connectivity index (χ4v) is 11.2. The van der Waals surface area contributed by atoms with Crippen molar-refractivity contribution in [3.8, 4) is 40.1 Å². The molecule has 0 spiro atoms. The molecule has 4 fully saturated rings. The van der Waals surface area contributed by atoms with E-state index in [4.69, 9.17) is 14.0 Å². The highest BCUT2D eigenvalue weighted by atomic mass is 16.7. The van der Waals surface area contributed by atoms with Crippen LogP contribution in [-0.4, -0.2) is 102 Å². The van der Waals surface area contributed by atoms with Crippen LogP contribution in [0.2, 0.25) is 0 Å². The van der Waals surface area contributed by atoms with Crippen LogP contribution in [0.25, 0.3) is 17.1 Å². The Kier molecular flexibility index (Phi) is 15.6. The largest absolute Gasteiger partial charge is 0.508 e. The van der Waals surface area contributed by atoms with Gasteiger partial charge in [-0.3, -0.25) is 28.7 Å². The summed E-state index contributed by atoms with van der Waals surface area (Å²) in [5.41, 5.74) is 2.12. The number of carbonyl (C=O) groups is 4. The van der Waals surface area contributed by atoms with Crippen LogP contribution in [-0.2, 0) is 20.5 Å². The smallest absolute Gasteiger partial charge is 0.481 e. The van der Waals surface area contributed by atoms with Crippen molar-refractivity contribution in [3.05, 3.63) is 138 Å². The number of aromatic hydroxyl groups is 2. The molecule has 10 rings (SSSR count). The highest BCUT2D eigenvalue weighted by Gasteiger charge is 2.70. The lowest BCUT2D eigenvalue weighted by atomic mass is 9.43. The fraction of sp³-hybridized carbons (Fsp3) is 0.404. The minimum absolute atomic E-state index is 0.00910. The first-order chi connectivity index (χ1) is 36.4. The number of phenols is 2. The second-order valence-electron chi connectivity index (χ2n) is 21.4. The molecule has 6 N–H and O–H groups in total. The van der Waals surface area contributed by atoms with E-state index < -0.39 is 36.5 Å². The summed E-state index contributed by atoms with van der Waals surface area (Å²) in [5, 5.41) is 42.0. The molecule has 4 aliphatic rings. The van der Waals surface area contributed by atoms with Crippen molar-refractivity contribution < 1.29 is 43.4 Å². The average molecular weight is 1030 g/mol. The topological polar surface area (TPSA) is 241 Å². The molecule has 76 heavy (non-hydrogen) atoms. The van der Waals surface area contributed by atoms with Gasteiger partial charge in [-0.25, -0.2) is 4.98 Å². The molecule has 2 aromatic heterocycles. The molecule has 1 saturated heterocycles. The number of nitrogens with zero attached hydrogens (tertiary/aromatic N) is 5. The zero-order valence-corrected chi connectivity index (χ0v) is 43.9. The first-order valence-corrected chi connectivity index (χ1v) is 26.2. The Morgan fingerprint density at radius 3 is 2.22 bits per heavy atom. The van der Waals surface area contributed by atoms with Gasteiger partial charge < -0.3 is 45.5 Å². The normalized spacial score (nSPS) is 20.0. The van der Waals surface area contributed by atoms with E-state index in [0.717, 1.165) is 18.4 Å². The number of hydrogen-bond acceptors (Lipinski definition) is 13. The van der Waals surface area contributed by atoms with Crippen LogP contribution in [0.5, 0.6) is 23.0 Å². The number of benzene rings is 4. The van der Waals surface area contributed by atoms with Gasteiger partial charge in [0.25, 0.3) is 17.7 Å². The Balaban J connectivity index is 0.863. The van der Waals surface area contributed by atoms with E-state index in [9.17, 15) is 29.4 Å². The van der Waals surface area contributed by atoms with E-state index in [-0.39, 0.29) is 76.3 Å². The van der Waals surface area contributed by atoms with Gasteiger partial charge in [0.15, 0.2) is 5.82 Å². The SMILES string of the molecule is CCNC(=O)c1nnc(-c2cc(C(C)C)c(O)cc2O)n1-c1ccc(Oc2ccc(C(=O)NCC[C@]34OB([C@H](CC(C)C)NC(=O)[C@H](Cc5ccccc5)NC(=O)c5cnccn5)O[C@H]3C[C@@H]3C[C@H]4C3(C)C)cc2)cc1. The third kappa shape index (κ3) is 11.0. The first kappa shape index (κ1) is 53.2. The van der Waals surface area contributed by atoms with E-state index in [1.807, 2.05) is 44.2 Å². The van der Waals surface area contributed by atoms with Gasteiger partial charge in [-0.15, -0.1) is 10.2 Å². The fourth-order valence-electron chi connectivity index (χ4n) is 11.2. The minimum Gasteiger partial charge on any atom is -0.508 e. The molecule has 18 nitrogen and oxygen atoms in total. The molecule has 0 unspecified atom stereocenters. The van der Waals surface area contributed by atoms with E-state index in [2.05, 4.69) is 69.1 Å². The zero-order chi connectivity index (χ0) is 53.9. The van der Waals surface area contributed by atoms with Crippen LogP contribution in [0.4, 0.5) is 0 Å². The summed E-state index contributed by atoms with van der Waals surface area (Å²) in [6.07, 6.45) is 7.13. The average Bonchev–Trinajstić information content (AvgIpc) is 4.14. The third-order valence-corrected chi connectivity index (χ3v) is 15.3. The minimum atomic E-state index is -0.926. The summed E-state index contributed by atoms with van der Waals surface area (Å²) in [5.74, 6) is -0.477. The lowest BCUT2D eigenvalue weighted by Crippen LogP contribution is -2.67. The Hall–Kier alpha value is -7.64. The number of aromatic nitrogens is 5. The van der Waals surface area contributed by atoms with Gasteiger partial charge in [-0.2, -0.15) is 0 Å². The number of phenolic OH excluding ortho intramolecular Hbond substituents is 2. The molecule has 396 valence electrons. The van der Waals surface area contributed by atoms with Gasteiger partial charge in [0, 0.05) is 49.2 Å². The summed E-state index contributed by atoms with van der Waals surface area (Å²) in [6.45, 7) is 15.0. The summed E-state index contributed by atoms with van der Waals surface area (Å²) in [7, 11) is -0.762. The molecule has 0 radical (unpaired) electrons. The summed E-state index contributed by atoms with van der Waals surface area (Å²) >= 11 is 0. The maximum absolute atomic E-state index is 14.4. The lowest BCUT2D eigenvalue weighted by molar-refractivity contribution is -0.209. The van der Waals surface area contributed by atoms with Crippen molar-refractivity contribution >= 4 is 30.7 Å². The molecule has 6 atom stereocenters. The molecule has 3 heterocycles. The molecule has 3 aliphatic carbocycles. The van der Waals surface area contributed by atoms with Crippen molar-refractivity contribution in [2.75, 3.05) is 13.1 Å². The Morgan fingerprint density at radius 2 is 1.57 bits per heavy atom. The second-order valence-corrected chi connectivity index (χ2v) is 21.4. The van der Waals surface area contributed by atoms with Crippen molar-refractivity contribution in [2.45, 2.75) is 110 Å². The van der Waals surface area contributed by atoms with E-state index in [1.165, 1.54) is 24.7 Å². The number of nitrogens with one attached hydrogen (secondary N) is 4. The molecule has 4 amide bonds. The molecular formula is C57H66BN9O9. The highest BCUT2D eigenvalue weighted by molar-refractivity contribution is 6.48. The molecule has 4 aromatic carbocycles. The van der Waals surface area contributed by atoms with E-state index in [0.29, 0.717) is 65.7 Å². The van der Waals surface area contributed by atoms with Gasteiger partial charge in [-0.05, 0) is 127 Å². The Labute approximate surface area is 442 Å². The van der Waals surface area contributed by atoms with Crippen LogP contribution in [0.3, 0.4) is 0 Å². The Bertz CT molecular complexity index is 3050. The second kappa shape index (κ2) is 22.3. The summed E-state index contributed by atoms with van der Waals surface area (Å²) in [4.78, 5) is 62.8. The first-order valence-electron chi connectivity index (χ1n) is 26.2. The molecule has 2 bridgehead atoms. The molecular weight excluding hydrogens is 965 g/mol. The van der Waals surface area contributed by atoms with Crippen LogP contribution in [0.15, 0.2) is 110 Å². The number of ether oxygens (including phenoxy) is 1. The standard InChI is InChI=1S/C57H66BN9O9/c1-8-60-55(73)51-66-65-50(42-30-41(34(4)5)45(68)31-46(42)69)67(51)38-16-20-40(21-17-38)74-39-18-14-36(15-19-39)52(70)62-23-22-57-47-28-37(56(47,6)7)29-48(57)75-58(76-57)49(26-33(2)3)64-53(71)43(27-35-12-10-9-11-13-35)63-54(72)44-32-59-24-25-61-44/h9-21,24-25,30-34,37,43,47-49,68-69H,8,22-23,26-29H2,1-7H3,(H,60,73)(H,62,70)(H,63,72)(H,64,71)/t37-,43-,47-,48-,49-,57+/m0/s1. The zero-order valence-electron chi connectivity index (χ0n) is 43.9. The van der Waals surface area contributed by atoms with Crippen LogP contribution in [0.1, 0.15) is 123 Å².